The maximum Gasteiger partial charge on any atom is 0.237 e. The molecule has 0 spiro atoms. The fourth-order valence-electron chi connectivity index (χ4n) is 3.28. The second-order valence-electron chi connectivity index (χ2n) is 6.92. The van der Waals surface area contributed by atoms with Gasteiger partial charge in [0.15, 0.2) is 0 Å². The lowest BCUT2D eigenvalue weighted by atomic mass is 10.2. The molecule has 1 aliphatic rings. The van der Waals surface area contributed by atoms with Gasteiger partial charge in [-0.2, -0.15) is 0 Å². The minimum atomic E-state index is -3.70. The number of hydrogen-bond acceptors (Lipinski definition) is 7. The number of rotatable bonds is 6. The van der Waals surface area contributed by atoms with Crippen LogP contribution in [0.15, 0.2) is 61.1 Å². The molecule has 1 aromatic carbocycles. The van der Waals surface area contributed by atoms with Crippen LogP contribution in [0.1, 0.15) is 5.56 Å². The number of aromatic nitrogens is 3. The predicted molar refractivity (Wildman–Crippen MR) is 113 cm³/mol. The van der Waals surface area contributed by atoms with Crippen molar-refractivity contribution in [3.8, 4) is 0 Å². The minimum absolute atomic E-state index is 0.266. The molecular weight excluding hydrogens is 407 g/mol. The molecule has 0 saturated carbocycles. The van der Waals surface area contributed by atoms with Gasteiger partial charge in [-0.3, -0.25) is 4.72 Å². The van der Waals surface area contributed by atoms with E-state index in [0.29, 0.717) is 11.5 Å². The van der Waals surface area contributed by atoms with Gasteiger partial charge in [0.1, 0.15) is 11.6 Å². The molecule has 30 heavy (non-hydrogen) atoms. The van der Waals surface area contributed by atoms with E-state index in [2.05, 4.69) is 24.6 Å². The van der Waals surface area contributed by atoms with E-state index in [1.165, 1.54) is 30.6 Å². The first-order chi connectivity index (χ1) is 14.5. The molecule has 1 fully saturated rings. The number of hydrogen-bond donors (Lipinski definition) is 1. The summed E-state index contributed by atoms with van der Waals surface area (Å²) in [5.74, 6) is 0.686. The minimum Gasteiger partial charge on any atom is -0.353 e. The Balaban J connectivity index is 1.35. The quantitative estimate of drug-likeness (QED) is 0.644. The topological polar surface area (TPSA) is 91.3 Å². The van der Waals surface area contributed by atoms with E-state index < -0.39 is 15.8 Å². The van der Waals surface area contributed by atoms with E-state index in [9.17, 15) is 12.8 Å². The van der Waals surface area contributed by atoms with Crippen molar-refractivity contribution in [2.45, 2.75) is 5.75 Å². The van der Waals surface area contributed by atoms with Crippen LogP contribution in [0.2, 0.25) is 0 Å². The van der Waals surface area contributed by atoms with Gasteiger partial charge in [0, 0.05) is 32.4 Å². The van der Waals surface area contributed by atoms with E-state index in [1.54, 1.807) is 12.3 Å². The first-order valence-corrected chi connectivity index (χ1v) is 11.1. The maximum absolute atomic E-state index is 13.3. The van der Waals surface area contributed by atoms with Crippen LogP contribution in [0.25, 0.3) is 0 Å². The summed E-state index contributed by atoms with van der Waals surface area (Å²) in [6.07, 6.45) is 4.66. The van der Waals surface area contributed by atoms with Crippen LogP contribution in [0.4, 0.5) is 21.8 Å². The number of nitrogens with one attached hydrogen (secondary N) is 1. The van der Waals surface area contributed by atoms with Crippen molar-refractivity contribution in [3.05, 3.63) is 72.4 Å². The zero-order valence-electron chi connectivity index (χ0n) is 16.1. The van der Waals surface area contributed by atoms with Gasteiger partial charge < -0.3 is 9.80 Å². The highest BCUT2D eigenvalue weighted by molar-refractivity contribution is 7.91. The maximum atomic E-state index is 13.3. The summed E-state index contributed by atoms with van der Waals surface area (Å²) in [7, 11) is -3.70. The molecule has 0 amide bonds. The highest BCUT2D eigenvalue weighted by Gasteiger charge is 2.20. The molecule has 1 saturated heterocycles. The van der Waals surface area contributed by atoms with Crippen LogP contribution >= 0.6 is 0 Å². The van der Waals surface area contributed by atoms with Gasteiger partial charge in [-0.05, 0) is 29.8 Å². The van der Waals surface area contributed by atoms with Crippen LogP contribution in [-0.2, 0) is 15.8 Å². The molecule has 1 N–H and O–H groups in total. The van der Waals surface area contributed by atoms with Crippen LogP contribution in [0, 0.1) is 5.82 Å². The Morgan fingerprint density at radius 3 is 2.33 bits per heavy atom. The van der Waals surface area contributed by atoms with E-state index in [4.69, 9.17) is 0 Å². The summed E-state index contributed by atoms with van der Waals surface area (Å²) in [4.78, 5) is 17.2. The van der Waals surface area contributed by atoms with Crippen LogP contribution in [0.5, 0.6) is 0 Å². The molecule has 3 aromatic rings. The molecule has 0 radical (unpaired) electrons. The molecule has 156 valence electrons. The molecule has 4 rings (SSSR count). The van der Waals surface area contributed by atoms with Gasteiger partial charge in [0.25, 0.3) is 0 Å². The molecular formula is C20H21FN6O2S. The second-order valence-corrected chi connectivity index (χ2v) is 8.65. The highest BCUT2D eigenvalue weighted by atomic mass is 32.2. The van der Waals surface area contributed by atoms with Crippen molar-refractivity contribution in [3.63, 3.8) is 0 Å². The lowest BCUT2D eigenvalue weighted by molar-refractivity contribution is 0.599. The summed E-state index contributed by atoms with van der Waals surface area (Å²) in [5, 5.41) is 0. The zero-order chi connectivity index (χ0) is 21.0. The first kappa shape index (κ1) is 20.0. The largest absolute Gasteiger partial charge is 0.353 e. The predicted octanol–water partition coefficient (Wildman–Crippen LogP) is 2.28. The normalized spacial score (nSPS) is 14.6. The Kier molecular flexibility index (Phi) is 5.75. The zero-order valence-corrected chi connectivity index (χ0v) is 17.0. The van der Waals surface area contributed by atoms with Crippen LogP contribution in [-0.4, -0.2) is 49.5 Å². The number of benzene rings is 1. The van der Waals surface area contributed by atoms with E-state index in [1.807, 2.05) is 23.1 Å². The fourth-order valence-corrected chi connectivity index (χ4v) is 4.43. The third kappa shape index (κ3) is 5.01. The fraction of sp³-hybridized carbons (Fsp3) is 0.250. The smallest absolute Gasteiger partial charge is 0.237 e. The van der Waals surface area contributed by atoms with E-state index in [-0.39, 0.29) is 11.4 Å². The van der Waals surface area contributed by atoms with Crippen molar-refractivity contribution < 1.29 is 12.8 Å². The Morgan fingerprint density at radius 1 is 0.933 bits per heavy atom. The number of piperazine rings is 1. The molecule has 8 nitrogen and oxygen atoms in total. The second kappa shape index (κ2) is 8.62. The first-order valence-electron chi connectivity index (χ1n) is 9.46. The van der Waals surface area contributed by atoms with Gasteiger partial charge >= 0.3 is 0 Å². The molecule has 1 aliphatic heterocycles. The Labute approximate surface area is 174 Å². The average molecular weight is 428 g/mol. The SMILES string of the molecule is O=S(=O)(Cc1cccc(F)c1)Nc1cnc(N2CCN(c3ccccn3)CC2)nc1. The Morgan fingerprint density at radius 2 is 1.67 bits per heavy atom. The number of pyridine rings is 1. The van der Waals surface area contributed by atoms with Crippen LogP contribution in [0.3, 0.4) is 0 Å². The average Bonchev–Trinajstić information content (AvgIpc) is 2.74. The standard InChI is InChI=1S/C20H21FN6O2S/c21-17-5-3-4-16(12-17)15-30(28,29)25-18-13-23-20(24-14-18)27-10-8-26(9-11-27)19-6-1-2-7-22-19/h1-7,12-14,25H,8-11,15H2. The number of sulfonamides is 1. The molecule has 3 heterocycles. The molecule has 2 aromatic heterocycles. The lowest BCUT2D eigenvalue weighted by Gasteiger charge is -2.35. The van der Waals surface area contributed by atoms with E-state index in [0.717, 1.165) is 32.0 Å². The highest BCUT2D eigenvalue weighted by Crippen LogP contribution is 2.18. The van der Waals surface area contributed by atoms with Crippen molar-refractivity contribution in [1.82, 2.24) is 15.0 Å². The van der Waals surface area contributed by atoms with Gasteiger partial charge in [-0.25, -0.2) is 27.8 Å². The number of anilines is 3. The summed E-state index contributed by atoms with van der Waals surface area (Å²) in [5.41, 5.74) is 0.632. The van der Waals surface area contributed by atoms with Gasteiger partial charge in [-0.1, -0.05) is 18.2 Å². The van der Waals surface area contributed by atoms with Crippen molar-refractivity contribution in [2.24, 2.45) is 0 Å². The summed E-state index contributed by atoms with van der Waals surface area (Å²) >= 11 is 0. The number of halogens is 1. The molecule has 0 atom stereocenters. The van der Waals surface area contributed by atoms with Gasteiger partial charge in [0.2, 0.25) is 16.0 Å². The molecule has 0 aliphatic carbocycles. The van der Waals surface area contributed by atoms with Crippen molar-refractivity contribution in [1.29, 1.82) is 0 Å². The van der Waals surface area contributed by atoms with Gasteiger partial charge in [-0.15, -0.1) is 0 Å². The lowest BCUT2D eigenvalue weighted by Crippen LogP contribution is -2.47. The third-order valence-corrected chi connectivity index (χ3v) is 5.95. The molecule has 0 bridgehead atoms. The van der Waals surface area contributed by atoms with Gasteiger partial charge in [0.05, 0.1) is 23.8 Å². The monoisotopic (exact) mass is 428 g/mol. The summed E-state index contributed by atoms with van der Waals surface area (Å²) in [6, 6.07) is 11.3. The molecule has 10 heteroatoms. The third-order valence-electron chi connectivity index (χ3n) is 4.69. The Bertz CT molecular complexity index is 1090. The number of nitrogens with zero attached hydrogens (tertiary/aromatic N) is 5. The molecule has 0 unspecified atom stereocenters. The van der Waals surface area contributed by atoms with Crippen LogP contribution < -0.4 is 14.5 Å². The van der Waals surface area contributed by atoms with Crippen molar-refractivity contribution in [2.75, 3.05) is 40.7 Å². The summed E-state index contributed by atoms with van der Waals surface area (Å²) in [6.45, 7) is 3.06. The van der Waals surface area contributed by atoms with Crippen molar-refractivity contribution >= 4 is 27.5 Å². The van der Waals surface area contributed by atoms with E-state index >= 15 is 0 Å². The Hall–Kier alpha value is -3.27. The summed E-state index contributed by atoms with van der Waals surface area (Å²) < 4.78 is 40.4.